The fourth-order valence-electron chi connectivity index (χ4n) is 4.92. The highest BCUT2D eigenvalue weighted by Crippen LogP contribution is 2.62. The van der Waals surface area contributed by atoms with Crippen LogP contribution < -0.4 is 15.4 Å². The van der Waals surface area contributed by atoms with Crippen LogP contribution in [0.25, 0.3) is 0 Å². The molecule has 3 atom stereocenters. The lowest BCUT2D eigenvalue weighted by atomic mass is 9.46. The molecule has 1 aromatic rings. The third kappa shape index (κ3) is 3.30. The number of benzene rings is 1. The predicted octanol–water partition coefficient (Wildman–Crippen LogP) is 3.33. The fourth-order valence-corrected chi connectivity index (χ4v) is 4.92. The Morgan fingerprint density at radius 2 is 2.15 bits per heavy atom. The van der Waals surface area contributed by atoms with Gasteiger partial charge in [0.1, 0.15) is 5.75 Å². The van der Waals surface area contributed by atoms with Gasteiger partial charge in [0.2, 0.25) is 0 Å². The van der Waals surface area contributed by atoms with Crippen LogP contribution in [0, 0.1) is 11.3 Å². The van der Waals surface area contributed by atoms with E-state index in [1.807, 2.05) is 32.2 Å². The number of halogens is 1. The molecule has 3 unspecified atom stereocenters. The zero-order chi connectivity index (χ0) is 17.3. The number of rotatable bonds is 5. The Morgan fingerprint density at radius 3 is 2.85 bits per heavy atom. The van der Waals surface area contributed by atoms with Crippen molar-refractivity contribution in [1.82, 2.24) is 10.6 Å². The van der Waals surface area contributed by atoms with Crippen LogP contribution in [0.15, 0.2) is 29.3 Å². The minimum absolute atomic E-state index is 0. The Hall–Kier alpha value is -1.02. The van der Waals surface area contributed by atoms with Crippen LogP contribution in [0.2, 0.25) is 0 Å². The summed E-state index contributed by atoms with van der Waals surface area (Å²) in [5.41, 5.74) is 1.52. The molecule has 5 nitrogen and oxygen atoms in total. The van der Waals surface area contributed by atoms with Crippen LogP contribution in [0.3, 0.4) is 0 Å². The van der Waals surface area contributed by atoms with Crippen molar-refractivity contribution in [1.29, 1.82) is 0 Å². The first-order chi connectivity index (χ1) is 12.3. The third-order valence-electron chi connectivity index (χ3n) is 6.27. The van der Waals surface area contributed by atoms with Crippen molar-refractivity contribution in [2.45, 2.75) is 51.3 Å². The highest BCUT2D eigenvalue weighted by atomic mass is 127. The van der Waals surface area contributed by atoms with Crippen molar-refractivity contribution in [3.8, 4) is 5.75 Å². The van der Waals surface area contributed by atoms with Gasteiger partial charge in [-0.3, -0.25) is 4.99 Å². The Balaban J connectivity index is 0.00000196. The number of para-hydroxylation sites is 1. The number of ether oxygens (including phenoxy) is 2. The molecule has 0 radical (unpaired) electrons. The molecule has 1 heterocycles. The quantitative estimate of drug-likeness (QED) is 0.393. The maximum absolute atomic E-state index is 6.01. The zero-order valence-corrected chi connectivity index (χ0v) is 18.0. The van der Waals surface area contributed by atoms with Crippen molar-refractivity contribution < 1.29 is 9.47 Å². The van der Waals surface area contributed by atoms with Gasteiger partial charge in [0.15, 0.2) is 5.96 Å². The molecule has 3 fully saturated rings. The SMILES string of the molecule is CCOc1ccccc1CNC(=NC)NC1C2CCOC2C12CCC2.I. The molecule has 4 rings (SSSR count). The van der Waals surface area contributed by atoms with Crippen LogP contribution in [-0.2, 0) is 11.3 Å². The van der Waals surface area contributed by atoms with Gasteiger partial charge < -0.3 is 20.1 Å². The molecule has 144 valence electrons. The van der Waals surface area contributed by atoms with Gasteiger partial charge in [-0.05, 0) is 32.3 Å². The second-order valence-electron chi connectivity index (χ2n) is 7.42. The molecule has 1 saturated heterocycles. The maximum Gasteiger partial charge on any atom is 0.191 e. The number of guanidine groups is 1. The van der Waals surface area contributed by atoms with E-state index in [-0.39, 0.29) is 24.0 Å². The van der Waals surface area contributed by atoms with E-state index in [1.165, 1.54) is 25.7 Å². The summed E-state index contributed by atoms with van der Waals surface area (Å²) in [6, 6.07) is 8.68. The second kappa shape index (κ2) is 8.33. The summed E-state index contributed by atoms with van der Waals surface area (Å²) >= 11 is 0. The van der Waals surface area contributed by atoms with Crippen molar-refractivity contribution >= 4 is 29.9 Å². The van der Waals surface area contributed by atoms with Gasteiger partial charge in [-0.1, -0.05) is 24.6 Å². The lowest BCUT2D eigenvalue weighted by Gasteiger charge is -2.63. The third-order valence-corrected chi connectivity index (χ3v) is 6.27. The van der Waals surface area contributed by atoms with Crippen molar-refractivity contribution in [3.05, 3.63) is 29.8 Å². The first kappa shape index (κ1) is 19.7. The average molecular weight is 471 g/mol. The average Bonchev–Trinajstić information content (AvgIpc) is 3.00. The molecule has 0 bridgehead atoms. The molecule has 2 N–H and O–H groups in total. The first-order valence-electron chi connectivity index (χ1n) is 9.58. The Bertz CT molecular complexity index is 648. The van der Waals surface area contributed by atoms with Crippen molar-refractivity contribution in [2.24, 2.45) is 16.3 Å². The summed E-state index contributed by atoms with van der Waals surface area (Å²) in [6.07, 6.45) is 5.56. The monoisotopic (exact) mass is 471 g/mol. The molecular weight excluding hydrogens is 441 g/mol. The van der Waals surface area contributed by atoms with E-state index in [0.717, 1.165) is 23.9 Å². The molecule has 26 heavy (non-hydrogen) atoms. The van der Waals surface area contributed by atoms with E-state index in [2.05, 4.69) is 21.7 Å². The maximum atomic E-state index is 6.01. The summed E-state index contributed by atoms with van der Waals surface area (Å²) < 4.78 is 11.7. The molecule has 0 amide bonds. The Kier molecular flexibility index (Phi) is 6.33. The van der Waals surface area contributed by atoms with Gasteiger partial charge in [0.25, 0.3) is 0 Å². The smallest absolute Gasteiger partial charge is 0.191 e. The van der Waals surface area contributed by atoms with Crippen LogP contribution in [0.4, 0.5) is 0 Å². The molecule has 2 saturated carbocycles. The van der Waals surface area contributed by atoms with Gasteiger partial charge in [-0.25, -0.2) is 0 Å². The summed E-state index contributed by atoms with van der Waals surface area (Å²) in [7, 11) is 1.85. The second-order valence-corrected chi connectivity index (χ2v) is 7.42. The normalized spacial score (nSPS) is 28.4. The van der Waals surface area contributed by atoms with E-state index in [0.29, 0.717) is 36.6 Å². The van der Waals surface area contributed by atoms with Crippen LogP contribution in [-0.4, -0.2) is 38.4 Å². The number of aliphatic imine (C=N–C) groups is 1. The van der Waals surface area contributed by atoms with E-state index >= 15 is 0 Å². The predicted molar refractivity (Wildman–Crippen MR) is 114 cm³/mol. The molecule has 1 spiro atoms. The van der Waals surface area contributed by atoms with E-state index in [1.54, 1.807) is 0 Å². The highest BCUT2D eigenvalue weighted by molar-refractivity contribution is 14.0. The zero-order valence-electron chi connectivity index (χ0n) is 15.7. The molecule has 2 aliphatic carbocycles. The molecule has 1 aromatic carbocycles. The first-order valence-corrected chi connectivity index (χ1v) is 9.58. The van der Waals surface area contributed by atoms with Gasteiger partial charge in [0.05, 0.1) is 12.7 Å². The van der Waals surface area contributed by atoms with Crippen LogP contribution >= 0.6 is 24.0 Å². The summed E-state index contributed by atoms with van der Waals surface area (Å²) in [4.78, 5) is 4.45. The molecular formula is C20H30IN3O2. The highest BCUT2D eigenvalue weighted by Gasteiger charge is 2.66. The lowest BCUT2D eigenvalue weighted by Crippen LogP contribution is -2.72. The van der Waals surface area contributed by atoms with Crippen molar-refractivity contribution in [3.63, 3.8) is 0 Å². The number of fused-ring (bicyclic) bond motifs is 2. The molecule has 1 aliphatic heterocycles. The number of nitrogens with one attached hydrogen (secondary N) is 2. The van der Waals surface area contributed by atoms with Crippen molar-refractivity contribution in [2.75, 3.05) is 20.3 Å². The number of hydrogen-bond donors (Lipinski definition) is 2. The standard InChI is InChI=1S/C20H29N3O2.HI/c1-3-24-16-8-5-4-7-14(16)13-22-19(21-2)23-17-15-9-12-25-18(15)20(17)10-6-11-20;/h4-5,7-8,15,17-18H,3,6,9-13H2,1-2H3,(H2,21,22,23);1H. The van der Waals surface area contributed by atoms with Gasteiger partial charge in [-0.2, -0.15) is 0 Å². The van der Waals surface area contributed by atoms with Crippen LogP contribution in [0.5, 0.6) is 5.75 Å². The van der Waals surface area contributed by atoms with E-state index in [9.17, 15) is 0 Å². The minimum Gasteiger partial charge on any atom is -0.494 e. The Morgan fingerprint density at radius 1 is 1.35 bits per heavy atom. The fraction of sp³-hybridized carbons (Fsp3) is 0.650. The van der Waals surface area contributed by atoms with Gasteiger partial charge >= 0.3 is 0 Å². The molecule has 3 aliphatic rings. The van der Waals surface area contributed by atoms with E-state index in [4.69, 9.17) is 9.47 Å². The minimum atomic E-state index is 0. The number of hydrogen-bond acceptors (Lipinski definition) is 3. The molecule has 0 aromatic heterocycles. The largest absolute Gasteiger partial charge is 0.494 e. The number of nitrogens with zero attached hydrogens (tertiary/aromatic N) is 1. The molecule has 6 heteroatoms. The van der Waals surface area contributed by atoms with Gasteiger partial charge in [-0.15, -0.1) is 24.0 Å². The summed E-state index contributed by atoms with van der Waals surface area (Å²) in [5, 5.41) is 7.17. The Labute approximate surface area is 173 Å². The topological polar surface area (TPSA) is 54.9 Å². The van der Waals surface area contributed by atoms with Crippen LogP contribution in [0.1, 0.15) is 38.2 Å². The van der Waals surface area contributed by atoms with E-state index < -0.39 is 0 Å². The van der Waals surface area contributed by atoms with Gasteiger partial charge in [0, 0.05) is 43.1 Å². The summed E-state index contributed by atoms with van der Waals surface area (Å²) in [6.45, 7) is 4.32. The lowest BCUT2D eigenvalue weighted by molar-refractivity contribution is -0.171. The summed E-state index contributed by atoms with van der Waals surface area (Å²) in [5.74, 6) is 2.47.